The van der Waals surface area contributed by atoms with E-state index in [4.69, 9.17) is 14.5 Å². The van der Waals surface area contributed by atoms with Crippen molar-refractivity contribution in [2.75, 3.05) is 12.0 Å². The molecule has 6 rings (SSSR count). The summed E-state index contributed by atoms with van der Waals surface area (Å²) in [4.78, 5) is 31.8. The van der Waals surface area contributed by atoms with Crippen LogP contribution in [0.3, 0.4) is 0 Å². The first-order valence-corrected chi connectivity index (χ1v) is 14.3. The molecule has 1 amide bonds. The highest BCUT2D eigenvalue weighted by molar-refractivity contribution is 5.95. The van der Waals surface area contributed by atoms with Crippen LogP contribution in [0.15, 0.2) is 30.3 Å². The summed E-state index contributed by atoms with van der Waals surface area (Å²) in [5.41, 5.74) is 3.54. The van der Waals surface area contributed by atoms with E-state index >= 15 is 0 Å². The molecule has 2 fully saturated rings. The highest BCUT2D eigenvalue weighted by Gasteiger charge is 2.36. The lowest BCUT2D eigenvalue weighted by Gasteiger charge is -2.34. The number of hydrogen-bond donors (Lipinski definition) is 1. The van der Waals surface area contributed by atoms with Gasteiger partial charge in [-0.3, -0.25) is 9.69 Å². The van der Waals surface area contributed by atoms with Gasteiger partial charge in [-0.25, -0.2) is 14.2 Å². The number of aliphatic hydroxyl groups excluding tert-OH is 1. The number of imidazole rings is 1. The van der Waals surface area contributed by atoms with Crippen LogP contribution in [0.25, 0.3) is 11.0 Å². The molecule has 4 atom stereocenters. The monoisotopic (exact) mass is 549 g/mol. The largest absolute Gasteiger partial charge is 0.490 e. The maximum absolute atomic E-state index is 14.5. The highest BCUT2D eigenvalue weighted by Crippen LogP contribution is 2.43. The van der Waals surface area contributed by atoms with Crippen molar-refractivity contribution in [2.24, 2.45) is 5.92 Å². The molecule has 3 aromatic rings. The van der Waals surface area contributed by atoms with Crippen molar-refractivity contribution in [3.8, 4) is 5.75 Å². The van der Waals surface area contributed by atoms with Crippen molar-refractivity contribution in [1.82, 2.24) is 9.55 Å². The van der Waals surface area contributed by atoms with Gasteiger partial charge < -0.3 is 19.1 Å². The molecule has 0 spiro atoms. The summed E-state index contributed by atoms with van der Waals surface area (Å²) in [6.45, 7) is 3.63. The summed E-state index contributed by atoms with van der Waals surface area (Å²) < 4.78 is 27.7. The number of fused-ring (bicyclic) bond motifs is 3. The van der Waals surface area contributed by atoms with E-state index in [1.165, 1.54) is 19.2 Å². The Kier molecular flexibility index (Phi) is 7.02. The number of halogens is 1. The first-order valence-electron chi connectivity index (χ1n) is 14.3. The Morgan fingerprint density at radius 3 is 2.65 bits per heavy atom. The van der Waals surface area contributed by atoms with Gasteiger partial charge in [-0.15, -0.1) is 0 Å². The molecule has 9 heteroatoms. The number of anilines is 1. The minimum atomic E-state index is -1.25. The zero-order valence-electron chi connectivity index (χ0n) is 23.2. The summed E-state index contributed by atoms with van der Waals surface area (Å²) >= 11 is 0. The van der Waals surface area contributed by atoms with Crippen molar-refractivity contribution in [3.63, 3.8) is 0 Å². The van der Waals surface area contributed by atoms with Gasteiger partial charge in [0.05, 0.1) is 29.9 Å². The molecule has 1 N–H and O–H groups in total. The molecule has 2 heterocycles. The molecule has 2 saturated carbocycles. The van der Waals surface area contributed by atoms with Crippen LogP contribution in [0.5, 0.6) is 5.75 Å². The number of aliphatic hydroxyl groups is 1. The number of ketones is 1. The van der Waals surface area contributed by atoms with Crippen LogP contribution in [0, 0.1) is 11.7 Å². The molecule has 1 aromatic heterocycles. The number of amides is 1. The third-order valence-corrected chi connectivity index (χ3v) is 8.77. The number of methoxy groups -OCH3 is 1. The van der Waals surface area contributed by atoms with Crippen molar-refractivity contribution in [3.05, 3.63) is 53.1 Å². The number of aryl methyl sites for hydroxylation is 1. The van der Waals surface area contributed by atoms with Crippen LogP contribution in [-0.2, 0) is 16.0 Å². The normalized spacial score (nSPS) is 23.5. The molecule has 1 aliphatic heterocycles. The summed E-state index contributed by atoms with van der Waals surface area (Å²) in [7, 11) is 1.37. The molecule has 0 unspecified atom stereocenters. The number of carbonyl (C=O) groups is 2. The summed E-state index contributed by atoms with van der Waals surface area (Å²) in [5.74, 6) is 0.494. The van der Waals surface area contributed by atoms with E-state index in [1.807, 2.05) is 19.1 Å². The standard InChI is InChI=1S/C31H36FN3O5/c1-17-7-11-23-25(34(17)31(38)39-3)12-13-26-28(23)33-30(35(26)21-6-4-5-19(15-21)18(2)36)29(37)24-16-20(32)8-14-27(24)40-22-9-10-22/h8,12-14,16-17,19,21-22,29,37H,4-7,9-11,15H2,1-3H3/t17-,19+,21+,29+/m0/s1. The Morgan fingerprint density at radius 1 is 1.12 bits per heavy atom. The first-order chi connectivity index (χ1) is 19.3. The number of benzene rings is 2. The number of rotatable bonds is 6. The minimum absolute atomic E-state index is 0.0337. The molecule has 3 aliphatic rings. The number of carbonyl (C=O) groups excluding carboxylic acids is 2. The average Bonchev–Trinajstić information content (AvgIpc) is 3.69. The molecule has 0 bridgehead atoms. The van der Waals surface area contributed by atoms with Gasteiger partial charge in [0.15, 0.2) is 0 Å². The fourth-order valence-corrected chi connectivity index (χ4v) is 6.48. The molecule has 0 radical (unpaired) electrons. The molecule has 0 saturated heterocycles. The zero-order chi connectivity index (χ0) is 28.1. The van der Waals surface area contributed by atoms with E-state index in [9.17, 15) is 19.1 Å². The Labute approximate surface area is 233 Å². The number of hydrogen-bond acceptors (Lipinski definition) is 6. The maximum atomic E-state index is 14.5. The van der Waals surface area contributed by atoms with Crippen molar-refractivity contribution >= 4 is 28.6 Å². The third-order valence-electron chi connectivity index (χ3n) is 8.77. The van der Waals surface area contributed by atoms with Gasteiger partial charge in [-0.1, -0.05) is 6.42 Å². The topological polar surface area (TPSA) is 93.9 Å². The van der Waals surface area contributed by atoms with Gasteiger partial charge in [-0.05, 0) is 89.1 Å². The van der Waals surface area contributed by atoms with E-state index in [2.05, 4.69) is 4.57 Å². The van der Waals surface area contributed by atoms with E-state index < -0.39 is 18.0 Å². The van der Waals surface area contributed by atoms with Crippen LogP contribution in [0.4, 0.5) is 14.9 Å². The number of ether oxygens (including phenoxy) is 2. The first kappa shape index (κ1) is 26.7. The smallest absolute Gasteiger partial charge is 0.414 e. The second-order valence-corrected chi connectivity index (χ2v) is 11.5. The third kappa shape index (κ3) is 4.74. The fourth-order valence-electron chi connectivity index (χ4n) is 6.48. The Bertz CT molecular complexity index is 1460. The zero-order valence-corrected chi connectivity index (χ0v) is 23.2. The van der Waals surface area contributed by atoms with E-state index in [0.717, 1.165) is 55.3 Å². The highest BCUT2D eigenvalue weighted by atomic mass is 19.1. The second kappa shape index (κ2) is 10.5. The Morgan fingerprint density at radius 2 is 1.93 bits per heavy atom. The van der Waals surface area contributed by atoms with Crippen molar-refractivity contribution in [1.29, 1.82) is 0 Å². The Hall–Kier alpha value is -3.46. The molecule has 2 aromatic carbocycles. The molecule has 212 valence electrons. The van der Waals surface area contributed by atoms with Gasteiger partial charge >= 0.3 is 6.09 Å². The quantitative estimate of drug-likeness (QED) is 0.404. The van der Waals surface area contributed by atoms with Crippen LogP contribution in [0.2, 0.25) is 0 Å². The average molecular weight is 550 g/mol. The molecule has 40 heavy (non-hydrogen) atoms. The van der Waals surface area contributed by atoms with Gasteiger partial charge in [0.25, 0.3) is 0 Å². The number of nitrogens with zero attached hydrogens (tertiary/aromatic N) is 3. The van der Waals surface area contributed by atoms with Crippen LogP contribution >= 0.6 is 0 Å². The van der Waals surface area contributed by atoms with Gasteiger partial charge in [0.2, 0.25) is 0 Å². The Balaban J connectivity index is 1.52. The van der Waals surface area contributed by atoms with Gasteiger partial charge in [0.1, 0.15) is 29.3 Å². The molecular formula is C31H36FN3O5. The van der Waals surface area contributed by atoms with Crippen LogP contribution in [-0.4, -0.2) is 45.8 Å². The SMILES string of the molecule is COC(=O)N1c2ccc3c(nc([C@H](O)c4cc(F)ccc4OC4CC4)n3[C@@H]3CCC[C@@H](C(C)=O)C3)c2CC[C@@H]1C. The fraction of sp³-hybridized carbons (Fsp3) is 0.516. The molecule has 2 aliphatic carbocycles. The van der Waals surface area contributed by atoms with E-state index in [-0.39, 0.29) is 29.9 Å². The lowest BCUT2D eigenvalue weighted by Crippen LogP contribution is -2.42. The summed E-state index contributed by atoms with van der Waals surface area (Å²) in [6, 6.07) is 8.01. The summed E-state index contributed by atoms with van der Waals surface area (Å²) in [5, 5.41) is 11.9. The lowest BCUT2D eigenvalue weighted by atomic mass is 9.83. The minimum Gasteiger partial charge on any atom is -0.490 e. The summed E-state index contributed by atoms with van der Waals surface area (Å²) in [6.07, 6.45) is 4.94. The van der Waals surface area contributed by atoms with Crippen molar-refractivity contribution < 1.29 is 28.6 Å². The van der Waals surface area contributed by atoms with Crippen LogP contribution < -0.4 is 9.64 Å². The molecular weight excluding hydrogens is 513 g/mol. The second-order valence-electron chi connectivity index (χ2n) is 11.5. The van der Waals surface area contributed by atoms with Gasteiger partial charge in [0, 0.05) is 29.1 Å². The number of Topliss-reactive ketones (excluding diaryl/α,β-unsaturated/α-hetero) is 1. The lowest BCUT2D eigenvalue weighted by molar-refractivity contribution is -0.122. The van der Waals surface area contributed by atoms with Crippen molar-refractivity contribution in [2.45, 2.75) is 89.5 Å². The predicted molar refractivity (Wildman–Crippen MR) is 148 cm³/mol. The van der Waals surface area contributed by atoms with E-state index in [0.29, 0.717) is 35.5 Å². The number of aromatic nitrogens is 2. The maximum Gasteiger partial charge on any atom is 0.414 e. The van der Waals surface area contributed by atoms with Gasteiger partial charge in [-0.2, -0.15) is 0 Å². The molecule has 8 nitrogen and oxygen atoms in total. The van der Waals surface area contributed by atoms with Crippen LogP contribution in [0.1, 0.15) is 87.9 Å². The van der Waals surface area contributed by atoms with E-state index in [1.54, 1.807) is 17.9 Å². The predicted octanol–water partition coefficient (Wildman–Crippen LogP) is 6.03.